The van der Waals surface area contributed by atoms with Crippen molar-refractivity contribution in [3.63, 3.8) is 0 Å². The molecule has 5 nitrogen and oxygen atoms in total. The highest BCUT2D eigenvalue weighted by molar-refractivity contribution is 7.84. The number of rotatable bonds is 5. The van der Waals surface area contributed by atoms with E-state index in [0.717, 1.165) is 0 Å². The van der Waals surface area contributed by atoms with Crippen molar-refractivity contribution in [3.05, 3.63) is 23.0 Å². The van der Waals surface area contributed by atoms with Crippen molar-refractivity contribution in [1.82, 2.24) is 10.3 Å². The van der Waals surface area contributed by atoms with E-state index in [2.05, 4.69) is 10.3 Å². The van der Waals surface area contributed by atoms with Crippen LogP contribution in [0.25, 0.3) is 0 Å². The number of nitrogens with one attached hydrogen (secondary N) is 1. The van der Waals surface area contributed by atoms with Crippen LogP contribution in [-0.4, -0.2) is 33.2 Å². The molecule has 100 valence electrons. The second kappa shape index (κ2) is 6.70. The molecule has 0 spiro atoms. The fourth-order valence-electron chi connectivity index (χ4n) is 1.34. The predicted octanol–water partition coefficient (Wildman–Crippen LogP) is 1.20. The van der Waals surface area contributed by atoms with Gasteiger partial charge in [-0.25, -0.2) is 4.98 Å². The highest BCUT2D eigenvalue weighted by Crippen LogP contribution is 2.15. The van der Waals surface area contributed by atoms with Gasteiger partial charge in [-0.1, -0.05) is 11.6 Å². The van der Waals surface area contributed by atoms with Crippen molar-refractivity contribution in [2.75, 3.05) is 17.7 Å². The van der Waals surface area contributed by atoms with Crippen LogP contribution in [0.1, 0.15) is 23.7 Å². The standard InChI is InChI=1S/C11H16ClN3O2S/c1-7(3-4-18(2)17)15-11(16)9-5-8(13)6-14-10(9)12/h5-7H,3-4,13H2,1-2H3,(H,15,16). The van der Waals surface area contributed by atoms with Crippen molar-refractivity contribution in [2.45, 2.75) is 19.4 Å². The Kier molecular flexibility index (Phi) is 5.55. The zero-order chi connectivity index (χ0) is 13.7. The molecule has 1 heterocycles. The van der Waals surface area contributed by atoms with Gasteiger partial charge < -0.3 is 11.1 Å². The Hall–Kier alpha value is -1.14. The number of hydrogen-bond donors (Lipinski definition) is 2. The van der Waals surface area contributed by atoms with Crippen LogP contribution in [0.2, 0.25) is 5.15 Å². The molecule has 7 heteroatoms. The van der Waals surface area contributed by atoms with Crippen LogP contribution in [0.4, 0.5) is 5.69 Å². The number of nitrogens with zero attached hydrogens (tertiary/aromatic N) is 1. The van der Waals surface area contributed by atoms with Crippen molar-refractivity contribution in [3.8, 4) is 0 Å². The van der Waals surface area contributed by atoms with Crippen molar-refractivity contribution < 1.29 is 9.00 Å². The average molecular weight is 290 g/mol. The quantitative estimate of drug-likeness (QED) is 0.798. The third kappa shape index (κ3) is 4.62. The Bertz CT molecular complexity index is 468. The van der Waals surface area contributed by atoms with Crippen LogP contribution in [0, 0.1) is 0 Å². The van der Waals surface area contributed by atoms with E-state index in [4.69, 9.17) is 17.3 Å². The Morgan fingerprint density at radius 3 is 2.94 bits per heavy atom. The van der Waals surface area contributed by atoms with Gasteiger partial charge in [-0.2, -0.15) is 0 Å². The fourth-order valence-corrected chi connectivity index (χ4v) is 2.21. The molecule has 0 aromatic carbocycles. The van der Waals surface area contributed by atoms with Gasteiger partial charge in [-0.05, 0) is 19.4 Å². The lowest BCUT2D eigenvalue weighted by molar-refractivity contribution is 0.0939. The number of carbonyl (C=O) groups is 1. The second-order valence-corrected chi connectivity index (χ2v) is 5.96. The van der Waals surface area contributed by atoms with Crippen molar-refractivity contribution in [1.29, 1.82) is 0 Å². The van der Waals surface area contributed by atoms with E-state index >= 15 is 0 Å². The van der Waals surface area contributed by atoms with Crippen LogP contribution in [-0.2, 0) is 10.8 Å². The maximum atomic E-state index is 11.9. The first-order chi connectivity index (χ1) is 8.40. The number of nitrogen functional groups attached to an aromatic ring is 1. The number of hydrogen-bond acceptors (Lipinski definition) is 4. The number of anilines is 1. The van der Waals surface area contributed by atoms with Crippen LogP contribution in [0.15, 0.2) is 12.3 Å². The molecule has 0 aliphatic rings. The van der Waals surface area contributed by atoms with E-state index in [1.165, 1.54) is 12.3 Å². The molecule has 1 rings (SSSR count). The van der Waals surface area contributed by atoms with E-state index < -0.39 is 10.8 Å². The van der Waals surface area contributed by atoms with Gasteiger partial charge in [0.25, 0.3) is 5.91 Å². The summed E-state index contributed by atoms with van der Waals surface area (Å²) in [6.45, 7) is 1.85. The number of aromatic nitrogens is 1. The summed E-state index contributed by atoms with van der Waals surface area (Å²) >= 11 is 5.83. The minimum atomic E-state index is -0.863. The Morgan fingerprint density at radius 2 is 2.33 bits per heavy atom. The maximum absolute atomic E-state index is 11.9. The highest BCUT2D eigenvalue weighted by Gasteiger charge is 2.14. The first-order valence-electron chi connectivity index (χ1n) is 5.42. The third-order valence-electron chi connectivity index (χ3n) is 2.32. The van der Waals surface area contributed by atoms with E-state index in [1.807, 2.05) is 6.92 Å². The Balaban J connectivity index is 2.64. The molecule has 2 unspecified atom stereocenters. The third-order valence-corrected chi connectivity index (χ3v) is 3.43. The molecule has 0 fully saturated rings. The topological polar surface area (TPSA) is 85.1 Å². The molecule has 0 saturated heterocycles. The van der Waals surface area contributed by atoms with E-state index in [1.54, 1.807) is 6.26 Å². The molecule has 3 N–H and O–H groups in total. The van der Waals surface area contributed by atoms with Gasteiger partial charge >= 0.3 is 0 Å². The van der Waals surface area contributed by atoms with Crippen molar-refractivity contribution in [2.24, 2.45) is 0 Å². The average Bonchev–Trinajstić information content (AvgIpc) is 2.29. The van der Waals surface area contributed by atoms with Gasteiger partial charge in [0.15, 0.2) is 0 Å². The summed E-state index contributed by atoms with van der Waals surface area (Å²) in [7, 11) is -0.863. The number of pyridine rings is 1. The zero-order valence-corrected chi connectivity index (χ0v) is 11.8. The smallest absolute Gasteiger partial charge is 0.254 e. The minimum absolute atomic E-state index is 0.0844. The van der Waals surface area contributed by atoms with Crippen LogP contribution >= 0.6 is 11.6 Å². The van der Waals surface area contributed by atoms with Gasteiger partial charge in [0.1, 0.15) is 5.15 Å². The van der Waals surface area contributed by atoms with Gasteiger partial charge in [-0.3, -0.25) is 9.00 Å². The molecule has 2 atom stereocenters. The summed E-state index contributed by atoms with van der Waals surface area (Å²) in [4.78, 5) is 15.7. The predicted molar refractivity (Wildman–Crippen MR) is 74.1 cm³/mol. The molecule has 0 aliphatic carbocycles. The molecule has 1 aromatic rings. The summed E-state index contributed by atoms with van der Waals surface area (Å²) in [6.07, 6.45) is 3.66. The van der Waals surface area contributed by atoms with E-state index in [-0.39, 0.29) is 22.7 Å². The first-order valence-corrected chi connectivity index (χ1v) is 7.52. The SMILES string of the molecule is CC(CCS(C)=O)NC(=O)c1cc(N)cnc1Cl. The van der Waals surface area contributed by atoms with Gasteiger partial charge in [-0.15, -0.1) is 0 Å². The minimum Gasteiger partial charge on any atom is -0.397 e. The molecule has 18 heavy (non-hydrogen) atoms. The molecule has 0 saturated carbocycles. The summed E-state index contributed by atoms with van der Waals surface area (Å²) < 4.78 is 11.0. The summed E-state index contributed by atoms with van der Waals surface area (Å²) in [5.74, 6) is 0.221. The van der Waals surface area contributed by atoms with Gasteiger partial charge in [0, 0.05) is 28.9 Å². The molecule has 0 bridgehead atoms. The fraction of sp³-hybridized carbons (Fsp3) is 0.455. The van der Waals surface area contributed by atoms with Crippen LogP contribution in [0.3, 0.4) is 0 Å². The van der Waals surface area contributed by atoms with Crippen LogP contribution in [0.5, 0.6) is 0 Å². The molecular weight excluding hydrogens is 274 g/mol. The lowest BCUT2D eigenvalue weighted by Gasteiger charge is -2.13. The lowest BCUT2D eigenvalue weighted by atomic mass is 10.2. The summed E-state index contributed by atoms with van der Waals surface area (Å²) in [5.41, 5.74) is 6.19. The molecule has 1 aromatic heterocycles. The normalized spacial score (nSPS) is 13.9. The second-order valence-electron chi connectivity index (χ2n) is 4.05. The molecular formula is C11H16ClN3O2S. The summed E-state index contributed by atoms with van der Waals surface area (Å²) in [6, 6.07) is 1.40. The first kappa shape index (κ1) is 14.9. The molecule has 0 aliphatic heterocycles. The zero-order valence-electron chi connectivity index (χ0n) is 10.3. The number of halogens is 1. The number of carbonyl (C=O) groups excluding carboxylic acids is 1. The van der Waals surface area contributed by atoms with E-state index in [9.17, 15) is 9.00 Å². The Morgan fingerprint density at radius 1 is 1.67 bits per heavy atom. The Labute approximate surface area is 114 Å². The van der Waals surface area contributed by atoms with Crippen molar-refractivity contribution >= 4 is 34.0 Å². The van der Waals surface area contributed by atoms with Crippen LogP contribution < -0.4 is 11.1 Å². The number of nitrogens with two attached hydrogens (primary N) is 1. The van der Waals surface area contributed by atoms with Gasteiger partial charge in [0.2, 0.25) is 0 Å². The number of amides is 1. The van der Waals surface area contributed by atoms with E-state index in [0.29, 0.717) is 17.9 Å². The van der Waals surface area contributed by atoms with Gasteiger partial charge in [0.05, 0.1) is 17.4 Å². The maximum Gasteiger partial charge on any atom is 0.254 e. The summed E-state index contributed by atoms with van der Waals surface area (Å²) in [5, 5.41) is 2.88. The largest absolute Gasteiger partial charge is 0.397 e. The highest BCUT2D eigenvalue weighted by atomic mass is 35.5. The monoisotopic (exact) mass is 289 g/mol. The molecule has 0 radical (unpaired) electrons. The molecule has 1 amide bonds. The lowest BCUT2D eigenvalue weighted by Crippen LogP contribution is -2.33.